The molecule has 1 saturated heterocycles. The SMILES string of the molecule is CC1(NC(=O)c2ccn(-c3nc(N)nc4[n-]ncc34)n2)COC1.[Re]. The van der Waals surface area contributed by atoms with Crippen molar-refractivity contribution in [3.8, 4) is 5.82 Å². The first-order chi connectivity index (χ1) is 11.0. The predicted octanol–water partition coefficient (Wildman–Crippen LogP) is -0.734. The van der Waals surface area contributed by atoms with Gasteiger partial charge in [-0.3, -0.25) is 9.89 Å². The summed E-state index contributed by atoms with van der Waals surface area (Å²) in [7, 11) is 0. The fraction of sp³-hybridized carbons (Fsp3) is 0.308. The standard InChI is InChI=1S/C13H14N8O2.Re/c1-13(5-23-6-13)18-11(22)8-2-3-21(20-8)10-7-4-15-19-9(7)16-12(14)17-10;/h2-4H,5-6H2,1H3,(H4,14,15,16,17,18,19,20,22);/p-1. The Kier molecular flexibility index (Phi) is 4.08. The van der Waals surface area contributed by atoms with Crippen molar-refractivity contribution in [2.45, 2.75) is 12.5 Å². The number of ether oxygens (including phenoxy) is 1. The number of rotatable bonds is 3. The number of hydrogen-bond donors (Lipinski definition) is 2. The maximum Gasteiger partial charge on any atom is 0.272 e. The average Bonchev–Trinajstić information content (AvgIpc) is 3.13. The molecule has 10 nitrogen and oxygen atoms in total. The van der Waals surface area contributed by atoms with Crippen LogP contribution < -0.4 is 16.1 Å². The van der Waals surface area contributed by atoms with Gasteiger partial charge < -0.3 is 25.9 Å². The van der Waals surface area contributed by atoms with Gasteiger partial charge in [0, 0.05) is 38.2 Å². The smallest absolute Gasteiger partial charge is 0.272 e. The second kappa shape index (κ2) is 5.94. The first-order valence-corrected chi connectivity index (χ1v) is 6.92. The summed E-state index contributed by atoms with van der Waals surface area (Å²) in [5.74, 6) is 0.218. The monoisotopic (exact) mass is 500 g/mol. The van der Waals surface area contributed by atoms with Crippen molar-refractivity contribution >= 4 is 22.9 Å². The van der Waals surface area contributed by atoms with Crippen molar-refractivity contribution in [3.63, 3.8) is 0 Å². The molecule has 1 radical (unpaired) electrons. The molecule has 0 saturated carbocycles. The maximum absolute atomic E-state index is 12.3. The molecule has 0 unspecified atom stereocenters. The number of carbonyl (C=O) groups excluding carboxylic acids is 1. The number of nitrogens with zero attached hydrogens (tertiary/aromatic N) is 6. The number of nitrogens with one attached hydrogen (secondary N) is 1. The van der Waals surface area contributed by atoms with Gasteiger partial charge in [0.2, 0.25) is 0 Å². The van der Waals surface area contributed by atoms with Crippen LogP contribution in [0, 0.1) is 0 Å². The number of fused-ring (bicyclic) bond motifs is 1. The summed E-state index contributed by atoms with van der Waals surface area (Å²) in [6.45, 7) is 2.90. The van der Waals surface area contributed by atoms with Gasteiger partial charge in [0.05, 0.1) is 18.8 Å². The Morgan fingerprint density at radius 2 is 2.25 bits per heavy atom. The molecule has 0 bridgehead atoms. The normalized spacial score (nSPS) is 15.5. The quantitative estimate of drug-likeness (QED) is 0.482. The Morgan fingerprint density at radius 1 is 1.46 bits per heavy atom. The Bertz CT molecular complexity index is 900. The van der Waals surface area contributed by atoms with Crippen LogP contribution in [0.5, 0.6) is 0 Å². The number of nitrogen functional groups attached to an aromatic ring is 1. The minimum absolute atomic E-state index is 0. The van der Waals surface area contributed by atoms with E-state index >= 15 is 0 Å². The zero-order chi connectivity index (χ0) is 16.0. The summed E-state index contributed by atoms with van der Waals surface area (Å²) in [5, 5.41) is 15.4. The topological polar surface area (TPSA) is 135 Å². The zero-order valence-corrected chi connectivity index (χ0v) is 15.3. The first-order valence-electron chi connectivity index (χ1n) is 6.92. The third-order valence-corrected chi connectivity index (χ3v) is 3.56. The van der Waals surface area contributed by atoms with E-state index in [9.17, 15) is 4.79 Å². The Morgan fingerprint density at radius 3 is 2.96 bits per heavy atom. The third-order valence-electron chi connectivity index (χ3n) is 3.56. The minimum Gasteiger partial charge on any atom is -0.403 e. The molecule has 4 heterocycles. The van der Waals surface area contributed by atoms with Crippen molar-refractivity contribution in [2.75, 3.05) is 18.9 Å². The fourth-order valence-corrected chi connectivity index (χ4v) is 2.35. The molecular weight excluding hydrogens is 486 g/mol. The largest absolute Gasteiger partial charge is 0.403 e. The molecule has 11 heteroatoms. The summed E-state index contributed by atoms with van der Waals surface area (Å²) >= 11 is 0. The molecule has 0 atom stereocenters. The molecule has 24 heavy (non-hydrogen) atoms. The van der Waals surface area contributed by atoms with E-state index in [2.05, 4.69) is 30.6 Å². The molecule has 0 aromatic carbocycles. The Labute approximate surface area is 149 Å². The van der Waals surface area contributed by atoms with Crippen molar-refractivity contribution in [1.82, 2.24) is 35.3 Å². The second-order valence-electron chi connectivity index (χ2n) is 5.64. The Balaban J connectivity index is 0.00000169. The van der Waals surface area contributed by atoms with E-state index in [1.165, 1.54) is 10.9 Å². The number of hydrogen-bond acceptors (Lipinski definition) is 7. The number of aromatic nitrogens is 6. The molecule has 1 aliphatic rings. The van der Waals surface area contributed by atoms with Gasteiger partial charge in [0.15, 0.2) is 11.5 Å². The van der Waals surface area contributed by atoms with Gasteiger partial charge in [-0.1, -0.05) is 0 Å². The molecule has 4 rings (SSSR count). The third kappa shape index (κ3) is 2.77. The number of amides is 1. The minimum atomic E-state index is -0.340. The van der Waals surface area contributed by atoms with Crippen LogP contribution in [0.2, 0.25) is 0 Å². The van der Waals surface area contributed by atoms with Crippen LogP contribution in [-0.2, 0) is 25.2 Å². The summed E-state index contributed by atoms with van der Waals surface area (Å²) in [4.78, 5) is 20.4. The van der Waals surface area contributed by atoms with Crippen LogP contribution in [0.1, 0.15) is 17.4 Å². The molecule has 1 aliphatic heterocycles. The molecule has 125 valence electrons. The van der Waals surface area contributed by atoms with Crippen LogP contribution in [0.4, 0.5) is 5.95 Å². The molecule has 3 aromatic rings. The van der Waals surface area contributed by atoms with Crippen LogP contribution in [0.3, 0.4) is 0 Å². The number of anilines is 1. The number of carbonyl (C=O) groups is 1. The van der Waals surface area contributed by atoms with E-state index in [4.69, 9.17) is 10.5 Å². The van der Waals surface area contributed by atoms with Crippen molar-refractivity contribution in [2.24, 2.45) is 0 Å². The Hall–Kier alpha value is -2.35. The molecule has 0 spiro atoms. The number of nitrogens with two attached hydrogens (primary N) is 1. The van der Waals surface area contributed by atoms with Crippen LogP contribution in [0.15, 0.2) is 18.5 Å². The average molecular weight is 500 g/mol. The van der Waals surface area contributed by atoms with E-state index in [1.807, 2.05) is 6.92 Å². The molecule has 1 amide bonds. The molecule has 3 N–H and O–H groups in total. The second-order valence-corrected chi connectivity index (χ2v) is 5.64. The van der Waals surface area contributed by atoms with Gasteiger partial charge in [-0.05, 0) is 18.6 Å². The fourth-order valence-electron chi connectivity index (χ4n) is 2.35. The van der Waals surface area contributed by atoms with Crippen LogP contribution >= 0.6 is 0 Å². The van der Waals surface area contributed by atoms with Gasteiger partial charge >= 0.3 is 0 Å². The van der Waals surface area contributed by atoms with E-state index in [-0.39, 0.29) is 43.5 Å². The molecule has 1 fully saturated rings. The van der Waals surface area contributed by atoms with Crippen LogP contribution in [0.25, 0.3) is 16.9 Å². The van der Waals surface area contributed by atoms with Crippen molar-refractivity contribution in [3.05, 3.63) is 24.2 Å². The molecule has 0 aliphatic carbocycles. The molecule has 3 aromatic heterocycles. The van der Waals surface area contributed by atoms with E-state index in [1.54, 1.807) is 12.3 Å². The summed E-state index contributed by atoms with van der Waals surface area (Å²) in [5.41, 5.74) is 5.99. The van der Waals surface area contributed by atoms with E-state index < -0.39 is 0 Å². The predicted molar refractivity (Wildman–Crippen MR) is 78.9 cm³/mol. The van der Waals surface area contributed by atoms with Crippen molar-refractivity contribution in [1.29, 1.82) is 0 Å². The summed E-state index contributed by atoms with van der Waals surface area (Å²) < 4.78 is 6.57. The van der Waals surface area contributed by atoms with Gasteiger partial charge in [-0.2, -0.15) is 5.10 Å². The van der Waals surface area contributed by atoms with E-state index in [0.717, 1.165) is 0 Å². The van der Waals surface area contributed by atoms with Crippen LogP contribution in [-0.4, -0.2) is 49.5 Å². The maximum atomic E-state index is 12.3. The van der Waals surface area contributed by atoms with Gasteiger partial charge in [0.25, 0.3) is 5.91 Å². The zero-order valence-electron chi connectivity index (χ0n) is 12.6. The van der Waals surface area contributed by atoms with Gasteiger partial charge in [-0.25, -0.2) is 9.67 Å². The van der Waals surface area contributed by atoms with Crippen molar-refractivity contribution < 1.29 is 30.0 Å². The van der Waals surface area contributed by atoms with Gasteiger partial charge in [-0.15, -0.1) is 0 Å². The van der Waals surface area contributed by atoms with Gasteiger partial charge in [0.1, 0.15) is 5.95 Å². The first kappa shape index (κ1) is 16.5. The summed E-state index contributed by atoms with van der Waals surface area (Å²) in [6, 6.07) is 1.60. The van der Waals surface area contributed by atoms with E-state index in [0.29, 0.717) is 30.1 Å². The molecular formula is C13H13N8O2Re-. The summed E-state index contributed by atoms with van der Waals surface area (Å²) in [6.07, 6.45) is 3.15.